The zero-order valence-corrected chi connectivity index (χ0v) is 14.3. The average molecular weight is 347 g/mol. The highest BCUT2D eigenvalue weighted by Crippen LogP contribution is 2.30. The first kappa shape index (κ1) is 16.9. The van der Waals surface area contributed by atoms with E-state index < -0.39 is 5.82 Å². The standard InChI is InChI=1S/C19H20ClFN2O/c1-19(11-22)8-9-23(12-19)18(24)16-7-4-14(10-17(16)21)13-2-5-15(20)6-3-13/h2-7,10H,8-9,11-12,22H2,1H3. The molecule has 0 spiro atoms. The van der Waals surface area contributed by atoms with E-state index in [4.69, 9.17) is 17.3 Å². The van der Waals surface area contributed by atoms with Crippen molar-refractivity contribution < 1.29 is 9.18 Å². The Balaban J connectivity index is 1.82. The predicted octanol–water partition coefficient (Wildman–Crippen LogP) is 3.96. The molecule has 126 valence electrons. The van der Waals surface area contributed by atoms with Gasteiger partial charge in [-0.2, -0.15) is 0 Å². The Bertz CT molecular complexity index is 762. The number of hydrogen-bond donors (Lipinski definition) is 1. The summed E-state index contributed by atoms with van der Waals surface area (Å²) in [6.45, 7) is 3.76. The first-order valence-corrected chi connectivity index (χ1v) is 8.34. The number of hydrogen-bond acceptors (Lipinski definition) is 2. The van der Waals surface area contributed by atoms with Crippen molar-refractivity contribution >= 4 is 17.5 Å². The van der Waals surface area contributed by atoms with Gasteiger partial charge in [-0.1, -0.05) is 36.7 Å². The molecule has 1 saturated heterocycles. The smallest absolute Gasteiger partial charge is 0.256 e. The van der Waals surface area contributed by atoms with Gasteiger partial charge < -0.3 is 10.6 Å². The normalized spacial score (nSPS) is 20.4. The van der Waals surface area contributed by atoms with Crippen LogP contribution in [0.3, 0.4) is 0 Å². The minimum Gasteiger partial charge on any atom is -0.338 e. The summed E-state index contributed by atoms with van der Waals surface area (Å²) in [4.78, 5) is 14.3. The summed E-state index contributed by atoms with van der Waals surface area (Å²) in [6.07, 6.45) is 0.847. The van der Waals surface area contributed by atoms with E-state index in [0.29, 0.717) is 30.2 Å². The van der Waals surface area contributed by atoms with Gasteiger partial charge in [-0.3, -0.25) is 4.79 Å². The molecule has 1 aliphatic heterocycles. The van der Waals surface area contributed by atoms with Crippen molar-refractivity contribution in [3.63, 3.8) is 0 Å². The minimum absolute atomic E-state index is 0.0740. The average Bonchev–Trinajstić information content (AvgIpc) is 2.98. The number of nitrogens with zero attached hydrogens (tertiary/aromatic N) is 1. The molecule has 1 unspecified atom stereocenters. The van der Waals surface area contributed by atoms with E-state index in [0.717, 1.165) is 12.0 Å². The van der Waals surface area contributed by atoms with E-state index in [9.17, 15) is 9.18 Å². The molecule has 0 bridgehead atoms. The summed E-state index contributed by atoms with van der Waals surface area (Å²) in [7, 11) is 0. The molecule has 1 amide bonds. The minimum atomic E-state index is -0.506. The third-order valence-electron chi connectivity index (χ3n) is 4.71. The second kappa shape index (κ2) is 6.54. The van der Waals surface area contributed by atoms with Gasteiger partial charge in [0.05, 0.1) is 5.56 Å². The lowest BCUT2D eigenvalue weighted by Crippen LogP contribution is -2.34. The Kier molecular flexibility index (Phi) is 4.61. The molecule has 2 aromatic carbocycles. The summed E-state index contributed by atoms with van der Waals surface area (Å²) in [5.74, 6) is -0.777. The van der Waals surface area contributed by atoms with Crippen LogP contribution in [0.2, 0.25) is 5.02 Å². The molecule has 1 heterocycles. The molecule has 5 heteroatoms. The molecule has 1 aliphatic rings. The van der Waals surface area contributed by atoms with E-state index in [1.54, 1.807) is 29.2 Å². The van der Waals surface area contributed by atoms with E-state index in [1.165, 1.54) is 6.07 Å². The second-order valence-electron chi connectivity index (χ2n) is 6.69. The number of rotatable bonds is 3. The highest BCUT2D eigenvalue weighted by Gasteiger charge is 2.35. The van der Waals surface area contributed by atoms with Crippen molar-refractivity contribution in [2.45, 2.75) is 13.3 Å². The molecule has 0 aromatic heterocycles. The summed E-state index contributed by atoms with van der Waals surface area (Å²) in [6, 6.07) is 11.9. The number of halogens is 2. The molecule has 2 aromatic rings. The number of amides is 1. The zero-order chi connectivity index (χ0) is 17.3. The van der Waals surface area contributed by atoms with Crippen molar-refractivity contribution in [2.24, 2.45) is 11.1 Å². The maximum absolute atomic E-state index is 14.5. The quantitative estimate of drug-likeness (QED) is 0.914. The van der Waals surface area contributed by atoms with Gasteiger partial charge in [0, 0.05) is 18.1 Å². The number of nitrogens with two attached hydrogens (primary N) is 1. The number of carbonyl (C=O) groups is 1. The topological polar surface area (TPSA) is 46.3 Å². The molecular formula is C19H20ClFN2O. The first-order valence-electron chi connectivity index (χ1n) is 7.97. The molecule has 0 radical (unpaired) electrons. The fourth-order valence-corrected chi connectivity index (χ4v) is 3.17. The van der Waals surface area contributed by atoms with Gasteiger partial charge in [-0.05, 0) is 53.8 Å². The molecule has 0 saturated carbocycles. The molecule has 0 aliphatic carbocycles. The van der Waals surface area contributed by atoms with Crippen LogP contribution >= 0.6 is 11.6 Å². The highest BCUT2D eigenvalue weighted by molar-refractivity contribution is 6.30. The van der Waals surface area contributed by atoms with Gasteiger partial charge in [0.15, 0.2) is 0 Å². The van der Waals surface area contributed by atoms with Gasteiger partial charge >= 0.3 is 0 Å². The first-order chi connectivity index (χ1) is 11.4. The van der Waals surface area contributed by atoms with Crippen molar-refractivity contribution in [2.75, 3.05) is 19.6 Å². The van der Waals surface area contributed by atoms with Crippen LogP contribution in [0.15, 0.2) is 42.5 Å². The van der Waals surface area contributed by atoms with E-state index in [2.05, 4.69) is 6.92 Å². The van der Waals surface area contributed by atoms with Gasteiger partial charge in [-0.15, -0.1) is 0 Å². The highest BCUT2D eigenvalue weighted by atomic mass is 35.5. The zero-order valence-electron chi connectivity index (χ0n) is 13.6. The Hall–Kier alpha value is -1.91. The fourth-order valence-electron chi connectivity index (χ4n) is 3.04. The van der Waals surface area contributed by atoms with Gasteiger partial charge in [-0.25, -0.2) is 4.39 Å². The lowest BCUT2D eigenvalue weighted by atomic mass is 9.90. The van der Waals surface area contributed by atoms with E-state index in [-0.39, 0.29) is 16.9 Å². The maximum atomic E-state index is 14.5. The van der Waals surface area contributed by atoms with Crippen molar-refractivity contribution in [1.29, 1.82) is 0 Å². The Morgan fingerprint density at radius 3 is 2.50 bits per heavy atom. The third kappa shape index (κ3) is 3.30. The lowest BCUT2D eigenvalue weighted by Gasteiger charge is -2.22. The number of carbonyl (C=O) groups excluding carboxylic acids is 1. The molecular weight excluding hydrogens is 327 g/mol. The monoisotopic (exact) mass is 346 g/mol. The van der Waals surface area contributed by atoms with Crippen molar-refractivity contribution in [1.82, 2.24) is 4.90 Å². The van der Waals surface area contributed by atoms with Crippen LogP contribution in [0, 0.1) is 11.2 Å². The van der Waals surface area contributed by atoms with Gasteiger partial charge in [0.25, 0.3) is 5.91 Å². The van der Waals surface area contributed by atoms with Crippen LogP contribution in [0.5, 0.6) is 0 Å². The maximum Gasteiger partial charge on any atom is 0.256 e. The van der Waals surface area contributed by atoms with E-state index in [1.807, 2.05) is 12.1 Å². The van der Waals surface area contributed by atoms with Gasteiger partial charge in [0.2, 0.25) is 0 Å². The van der Waals surface area contributed by atoms with Crippen LogP contribution in [0.1, 0.15) is 23.7 Å². The van der Waals surface area contributed by atoms with Crippen LogP contribution in [-0.4, -0.2) is 30.4 Å². The lowest BCUT2D eigenvalue weighted by molar-refractivity contribution is 0.0772. The third-order valence-corrected chi connectivity index (χ3v) is 4.97. The molecule has 2 N–H and O–H groups in total. The van der Waals surface area contributed by atoms with Crippen molar-refractivity contribution in [3.05, 3.63) is 58.9 Å². The van der Waals surface area contributed by atoms with Gasteiger partial charge in [0.1, 0.15) is 5.82 Å². The SMILES string of the molecule is CC1(CN)CCN(C(=O)c2ccc(-c3ccc(Cl)cc3)cc2F)C1. The second-order valence-corrected chi connectivity index (χ2v) is 7.13. The summed E-state index contributed by atoms with van der Waals surface area (Å²) in [5.41, 5.74) is 7.38. The van der Waals surface area contributed by atoms with Crippen LogP contribution in [0.4, 0.5) is 4.39 Å². The number of likely N-dealkylation sites (tertiary alicyclic amines) is 1. The predicted molar refractivity (Wildman–Crippen MR) is 94.5 cm³/mol. The summed E-state index contributed by atoms with van der Waals surface area (Å²) < 4.78 is 14.5. The van der Waals surface area contributed by atoms with Crippen LogP contribution in [0.25, 0.3) is 11.1 Å². The van der Waals surface area contributed by atoms with Crippen LogP contribution < -0.4 is 5.73 Å². The Morgan fingerprint density at radius 1 is 1.25 bits per heavy atom. The van der Waals surface area contributed by atoms with Crippen LogP contribution in [-0.2, 0) is 0 Å². The Labute approximate surface area is 146 Å². The molecule has 1 fully saturated rings. The molecule has 1 atom stereocenters. The molecule has 24 heavy (non-hydrogen) atoms. The fraction of sp³-hybridized carbons (Fsp3) is 0.316. The Morgan fingerprint density at radius 2 is 1.92 bits per heavy atom. The van der Waals surface area contributed by atoms with Crippen molar-refractivity contribution in [3.8, 4) is 11.1 Å². The molecule has 3 nitrogen and oxygen atoms in total. The summed E-state index contributed by atoms with van der Waals surface area (Å²) >= 11 is 5.87. The summed E-state index contributed by atoms with van der Waals surface area (Å²) in [5, 5.41) is 0.628. The van der Waals surface area contributed by atoms with E-state index >= 15 is 0 Å². The molecule has 3 rings (SSSR count). The largest absolute Gasteiger partial charge is 0.338 e. The number of benzene rings is 2.